The fourth-order valence-electron chi connectivity index (χ4n) is 7.14. The second-order valence-electron chi connectivity index (χ2n) is 11.9. The molecule has 3 aromatic carbocycles. The summed E-state index contributed by atoms with van der Waals surface area (Å²) in [7, 11) is 1.32. The molecule has 4 aromatic rings. The Hall–Kier alpha value is -3.78. The van der Waals surface area contributed by atoms with Gasteiger partial charge < -0.3 is 24.7 Å². The predicted molar refractivity (Wildman–Crippen MR) is 158 cm³/mol. The first-order chi connectivity index (χ1) is 19.8. The van der Waals surface area contributed by atoms with E-state index in [1.807, 2.05) is 36.9 Å². The quantitative estimate of drug-likeness (QED) is 0.282. The fourth-order valence-corrected chi connectivity index (χ4v) is 7.30. The molecule has 212 valence electrons. The molecule has 0 unspecified atom stereocenters. The third-order valence-electron chi connectivity index (χ3n) is 9.13. The van der Waals surface area contributed by atoms with Crippen molar-refractivity contribution in [3.8, 4) is 16.9 Å². The maximum atomic E-state index is 14.1. The second-order valence-corrected chi connectivity index (χ2v) is 12.3. The molecule has 7 rings (SSSR count). The van der Waals surface area contributed by atoms with Crippen LogP contribution < -0.4 is 10.1 Å². The van der Waals surface area contributed by atoms with E-state index in [0.717, 1.165) is 75.8 Å². The first-order valence-electron chi connectivity index (χ1n) is 14.4. The number of H-pyrrole nitrogens is 1. The first-order valence-corrected chi connectivity index (χ1v) is 14.7. The number of hydrogen-bond acceptors (Lipinski definition) is 5. The van der Waals surface area contributed by atoms with Crippen LogP contribution >= 0.6 is 11.6 Å². The Morgan fingerprint density at radius 1 is 1.15 bits per heavy atom. The number of halogens is 1. The molecule has 3 heterocycles. The van der Waals surface area contributed by atoms with Crippen LogP contribution in [0.25, 0.3) is 32.9 Å². The first kappa shape index (κ1) is 26.1. The molecule has 2 amide bonds. The lowest BCUT2D eigenvalue weighted by atomic mass is 9.93. The van der Waals surface area contributed by atoms with E-state index in [-0.39, 0.29) is 23.9 Å². The van der Waals surface area contributed by atoms with E-state index >= 15 is 0 Å². The van der Waals surface area contributed by atoms with Gasteiger partial charge in [0.1, 0.15) is 24.2 Å². The van der Waals surface area contributed by atoms with Gasteiger partial charge in [0.2, 0.25) is 5.91 Å². The molecule has 1 saturated carbocycles. The number of likely N-dealkylation sites (tertiary alicyclic amines) is 1. The Morgan fingerprint density at radius 2 is 2.00 bits per heavy atom. The van der Waals surface area contributed by atoms with E-state index in [0.29, 0.717) is 17.5 Å². The van der Waals surface area contributed by atoms with Crippen LogP contribution in [0.15, 0.2) is 42.5 Å². The summed E-state index contributed by atoms with van der Waals surface area (Å²) < 4.78 is 10.9. The lowest BCUT2D eigenvalue weighted by molar-refractivity contribution is -0.137. The van der Waals surface area contributed by atoms with Crippen molar-refractivity contribution in [2.24, 2.45) is 11.8 Å². The van der Waals surface area contributed by atoms with Gasteiger partial charge in [0.25, 0.3) is 0 Å². The highest BCUT2D eigenvalue weighted by atomic mass is 35.5. The average molecular weight is 573 g/mol. The number of alkyl carbamates (subject to hydrolysis) is 1. The van der Waals surface area contributed by atoms with Gasteiger partial charge in [-0.3, -0.25) is 4.79 Å². The highest BCUT2D eigenvalue weighted by Crippen LogP contribution is 2.48. The van der Waals surface area contributed by atoms with Gasteiger partial charge in [-0.1, -0.05) is 37.9 Å². The predicted octanol–water partition coefficient (Wildman–Crippen LogP) is 6.75. The number of benzene rings is 3. The maximum Gasteiger partial charge on any atom is 0.407 e. The van der Waals surface area contributed by atoms with Crippen molar-refractivity contribution in [2.45, 2.75) is 64.3 Å². The fraction of sp³-hybridized carbons (Fsp3) is 0.406. The summed E-state index contributed by atoms with van der Waals surface area (Å²) in [5.41, 5.74) is 5.11. The number of amides is 2. The van der Waals surface area contributed by atoms with Gasteiger partial charge in [0, 0.05) is 22.0 Å². The highest BCUT2D eigenvalue weighted by molar-refractivity contribution is 6.30. The molecule has 1 saturated heterocycles. The number of hydrogen-bond donors (Lipinski definition) is 2. The van der Waals surface area contributed by atoms with Crippen LogP contribution in [0.4, 0.5) is 4.79 Å². The Morgan fingerprint density at radius 3 is 2.80 bits per heavy atom. The summed E-state index contributed by atoms with van der Waals surface area (Å²) in [5.74, 6) is 1.87. The van der Waals surface area contributed by atoms with Crippen molar-refractivity contribution in [3.63, 3.8) is 0 Å². The van der Waals surface area contributed by atoms with Gasteiger partial charge in [-0.15, -0.1) is 0 Å². The zero-order chi connectivity index (χ0) is 28.4. The van der Waals surface area contributed by atoms with Crippen LogP contribution in [-0.2, 0) is 16.1 Å². The molecule has 2 aliphatic heterocycles. The number of methoxy groups -OCH3 is 1. The number of rotatable bonds is 4. The van der Waals surface area contributed by atoms with E-state index in [4.69, 9.17) is 26.1 Å². The van der Waals surface area contributed by atoms with Gasteiger partial charge in [-0.25, -0.2) is 9.78 Å². The van der Waals surface area contributed by atoms with E-state index in [9.17, 15) is 9.59 Å². The van der Waals surface area contributed by atoms with Gasteiger partial charge in [0.15, 0.2) is 0 Å². The molecular formula is C32H33ClN4O4. The number of ether oxygens (including phenoxy) is 2. The van der Waals surface area contributed by atoms with Crippen LogP contribution in [0.1, 0.15) is 57.0 Å². The molecule has 0 spiro atoms. The molecule has 3 aliphatic rings. The van der Waals surface area contributed by atoms with Gasteiger partial charge in [-0.2, -0.15) is 0 Å². The summed E-state index contributed by atoms with van der Waals surface area (Å²) in [6.07, 6.45) is 3.45. The normalized spacial score (nSPS) is 21.9. The molecule has 2 N–H and O–H groups in total. The number of fused-ring (bicyclic) bond motifs is 7. The van der Waals surface area contributed by atoms with E-state index in [1.54, 1.807) is 0 Å². The van der Waals surface area contributed by atoms with Crippen molar-refractivity contribution in [2.75, 3.05) is 7.11 Å². The third-order valence-corrected chi connectivity index (χ3v) is 9.36. The van der Waals surface area contributed by atoms with Gasteiger partial charge in [-0.05, 0) is 84.0 Å². The van der Waals surface area contributed by atoms with Crippen molar-refractivity contribution in [3.05, 3.63) is 58.9 Å². The molecule has 4 atom stereocenters. The zero-order valence-electron chi connectivity index (χ0n) is 23.4. The smallest absolute Gasteiger partial charge is 0.407 e. The summed E-state index contributed by atoms with van der Waals surface area (Å²) in [5, 5.41) is 5.58. The van der Waals surface area contributed by atoms with Gasteiger partial charge in [0.05, 0.1) is 24.2 Å². The summed E-state index contributed by atoms with van der Waals surface area (Å²) in [6, 6.07) is 13.6. The molecular weight excluding hydrogens is 540 g/mol. The lowest BCUT2D eigenvalue weighted by Gasteiger charge is -2.33. The molecule has 2 fully saturated rings. The molecule has 8 nitrogen and oxygen atoms in total. The lowest BCUT2D eigenvalue weighted by Crippen LogP contribution is -2.53. The third kappa shape index (κ3) is 4.31. The Bertz CT molecular complexity index is 1700. The number of imidazole rings is 1. The average Bonchev–Trinajstić information content (AvgIpc) is 3.68. The van der Waals surface area contributed by atoms with Crippen molar-refractivity contribution >= 4 is 45.4 Å². The van der Waals surface area contributed by atoms with E-state index in [2.05, 4.69) is 34.6 Å². The van der Waals surface area contributed by atoms with Crippen molar-refractivity contribution in [1.29, 1.82) is 0 Å². The minimum atomic E-state index is -0.668. The van der Waals surface area contributed by atoms with Crippen LogP contribution in [-0.4, -0.2) is 46.1 Å². The Balaban J connectivity index is 1.29. The molecule has 1 aromatic heterocycles. The zero-order valence-corrected chi connectivity index (χ0v) is 24.1. The molecule has 0 radical (unpaired) electrons. The second kappa shape index (κ2) is 9.94. The maximum absolute atomic E-state index is 14.1. The van der Waals surface area contributed by atoms with Crippen LogP contribution in [0.3, 0.4) is 0 Å². The van der Waals surface area contributed by atoms with E-state index in [1.165, 1.54) is 7.11 Å². The van der Waals surface area contributed by atoms with Crippen LogP contribution in [0.5, 0.6) is 5.75 Å². The number of aromatic nitrogens is 2. The topological polar surface area (TPSA) is 96.6 Å². The minimum Gasteiger partial charge on any atom is -0.488 e. The van der Waals surface area contributed by atoms with Gasteiger partial charge >= 0.3 is 6.09 Å². The highest BCUT2D eigenvalue weighted by Gasteiger charge is 2.49. The Kier molecular flexibility index (Phi) is 6.34. The Labute approximate surface area is 243 Å². The SMILES string of the molecule is COC(=O)N[C@H](C(=O)N1[C@H](c2nc3c(ccc4cc5c(cc43)COc3cc(Cl)ccc3-5)[nH]2)C[C@@H]2CCC[C@@H]21)C(C)C. The number of aromatic amines is 1. The van der Waals surface area contributed by atoms with Crippen molar-refractivity contribution in [1.82, 2.24) is 20.2 Å². The van der Waals surface area contributed by atoms with Crippen molar-refractivity contribution < 1.29 is 19.1 Å². The summed E-state index contributed by atoms with van der Waals surface area (Å²) in [6.45, 7) is 4.35. The molecule has 0 bridgehead atoms. The molecule has 41 heavy (non-hydrogen) atoms. The monoisotopic (exact) mass is 572 g/mol. The van der Waals surface area contributed by atoms with Crippen LogP contribution in [0, 0.1) is 11.8 Å². The minimum absolute atomic E-state index is 0.0694. The largest absolute Gasteiger partial charge is 0.488 e. The number of nitrogens with zero attached hydrogens (tertiary/aromatic N) is 2. The molecule has 1 aliphatic carbocycles. The summed E-state index contributed by atoms with van der Waals surface area (Å²) in [4.78, 5) is 36.9. The van der Waals surface area contributed by atoms with E-state index < -0.39 is 12.1 Å². The number of nitrogens with one attached hydrogen (secondary N) is 2. The number of carbonyl (C=O) groups excluding carboxylic acids is 2. The summed E-state index contributed by atoms with van der Waals surface area (Å²) >= 11 is 6.20. The van der Waals surface area contributed by atoms with Crippen LogP contribution in [0.2, 0.25) is 5.02 Å². The molecule has 9 heteroatoms. The standard InChI is InChI=1S/C32H33ClN4O4/c1-16(2)28(36-32(39)40-3)31(38)37-25-6-4-5-18(25)13-26(37)30-34-24-10-7-17-11-22-19(12-23(17)29(24)35-30)15-41-27-14-20(33)8-9-21(22)27/h7-12,14,16,18,25-26,28H,4-6,13,15H2,1-3H3,(H,34,35)(H,36,39)/t18-,25-,26-,28-/m0/s1. The number of carbonyl (C=O) groups is 2.